The van der Waals surface area contributed by atoms with Gasteiger partial charge in [-0.2, -0.15) is 4.98 Å². The van der Waals surface area contributed by atoms with Crippen LogP contribution in [0.1, 0.15) is 56.2 Å². The van der Waals surface area contributed by atoms with Crippen LogP contribution in [-0.4, -0.2) is 33.8 Å². The van der Waals surface area contributed by atoms with E-state index < -0.39 is 0 Å². The van der Waals surface area contributed by atoms with Crippen molar-refractivity contribution < 1.29 is 9.26 Å². The summed E-state index contributed by atoms with van der Waals surface area (Å²) in [6.07, 6.45) is 3.37. The molecule has 1 aliphatic rings. The number of nitrogens with zero attached hydrogens (tertiary/aromatic N) is 3. The predicted molar refractivity (Wildman–Crippen MR) is 135 cm³/mol. The fourth-order valence-corrected chi connectivity index (χ4v) is 4.39. The summed E-state index contributed by atoms with van der Waals surface area (Å²) in [4.78, 5) is 6.93. The topological polar surface area (TPSA) is 63.4 Å². The molecule has 1 aromatic heterocycles. The Kier molecular flexibility index (Phi) is 7.08. The fourth-order valence-electron chi connectivity index (χ4n) is 4.05. The number of hydrogen-bond acceptors (Lipinski definition) is 5. The molecule has 0 amide bonds. The van der Waals surface area contributed by atoms with Gasteiger partial charge in [0.1, 0.15) is 5.75 Å². The molecule has 0 saturated carbocycles. The number of nitrogens with one attached hydrogen (secondary N) is 1. The predicted octanol–water partition coefficient (Wildman–Crippen LogP) is 5.91. The Balaban J connectivity index is 1.75. The number of hydrogen-bond donors (Lipinski definition) is 1. The van der Waals surface area contributed by atoms with E-state index in [4.69, 9.17) is 26.5 Å². The first-order valence-electron chi connectivity index (χ1n) is 11.4. The van der Waals surface area contributed by atoms with Crippen molar-refractivity contribution in [3.05, 3.63) is 71.2 Å². The lowest BCUT2D eigenvalue weighted by molar-refractivity contribution is 0.395. The molecule has 4 rings (SSSR count). The van der Waals surface area contributed by atoms with Crippen LogP contribution in [0.25, 0.3) is 17.0 Å². The highest BCUT2D eigenvalue weighted by Gasteiger charge is 2.33. The summed E-state index contributed by atoms with van der Waals surface area (Å²) in [6, 6.07) is 15.9. The molecule has 7 heteroatoms. The molecule has 172 valence electrons. The van der Waals surface area contributed by atoms with Gasteiger partial charge in [-0.25, -0.2) is 0 Å². The van der Waals surface area contributed by atoms with E-state index in [9.17, 15) is 0 Å². The molecule has 33 heavy (non-hydrogen) atoms. The zero-order valence-corrected chi connectivity index (χ0v) is 20.4. The smallest absolute Gasteiger partial charge is 0.258 e. The molecule has 0 aliphatic carbocycles. The molecule has 0 fully saturated rings. The molecule has 2 heterocycles. The highest BCUT2D eigenvalue weighted by molar-refractivity contribution is 7.80. The zero-order chi connectivity index (χ0) is 23.4. The maximum atomic E-state index is 5.81. The molecule has 1 N–H and O–H groups in total. The molecule has 1 atom stereocenters. The SMILES string of the molecule is CCCCCN1C(=S)NC(c2ccc(OC)cc2)C(c2nc(-c3ccc(C)cc3)no2)=C1C. The van der Waals surface area contributed by atoms with E-state index in [1.165, 1.54) is 5.56 Å². The number of aromatic nitrogens is 2. The second-order valence-electron chi connectivity index (χ2n) is 8.30. The van der Waals surface area contributed by atoms with Crippen LogP contribution in [0, 0.1) is 6.92 Å². The van der Waals surface area contributed by atoms with E-state index in [0.717, 1.165) is 54.0 Å². The lowest BCUT2D eigenvalue weighted by Gasteiger charge is -2.37. The van der Waals surface area contributed by atoms with Gasteiger partial charge in [0, 0.05) is 17.8 Å². The summed E-state index contributed by atoms with van der Waals surface area (Å²) in [6.45, 7) is 7.19. The quantitative estimate of drug-likeness (QED) is 0.330. The summed E-state index contributed by atoms with van der Waals surface area (Å²) >= 11 is 5.77. The number of rotatable bonds is 8. The maximum Gasteiger partial charge on any atom is 0.258 e. The van der Waals surface area contributed by atoms with E-state index in [1.807, 2.05) is 48.5 Å². The normalized spacial score (nSPS) is 16.2. The first-order valence-corrected chi connectivity index (χ1v) is 11.8. The average Bonchev–Trinajstić information content (AvgIpc) is 3.31. The fraction of sp³-hybridized carbons (Fsp3) is 0.346. The second kappa shape index (κ2) is 10.2. The van der Waals surface area contributed by atoms with Crippen molar-refractivity contribution in [3.8, 4) is 17.1 Å². The molecule has 0 saturated heterocycles. The van der Waals surface area contributed by atoms with Crippen LogP contribution in [0.3, 0.4) is 0 Å². The van der Waals surface area contributed by atoms with Gasteiger partial charge < -0.3 is 19.5 Å². The minimum atomic E-state index is -0.197. The lowest BCUT2D eigenvalue weighted by atomic mass is 9.94. The molecule has 1 unspecified atom stereocenters. The summed E-state index contributed by atoms with van der Waals surface area (Å²) in [7, 11) is 1.66. The van der Waals surface area contributed by atoms with Gasteiger partial charge in [0.25, 0.3) is 5.89 Å². The Labute approximate surface area is 200 Å². The number of unbranched alkanes of at least 4 members (excludes halogenated alkanes) is 2. The molecular formula is C26H30N4O2S. The maximum absolute atomic E-state index is 5.81. The van der Waals surface area contributed by atoms with Crippen molar-refractivity contribution in [3.63, 3.8) is 0 Å². The summed E-state index contributed by atoms with van der Waals surface area (Å²) < 4.78 is 11.1. The Morgan fingerprint density at radius 1 is 1.06 bits per heavy atom. The van der Waals surface area contributed by atoms with Crippen LogP contribution in [0.15, 0.2) is 58.8 Å². The van der Waals surface area contributed by atoms with E-state index in [2.05, 4.69) is 36.1 Å². The molecular weight excluding hydrogens is 432 g/mol. The van der Waals surface area contributed by atoms with Crippen molar-refractivity contribution >= 4 is 22.9 Å². The Morgan fingerprint density at radius 2 is 1.79 bits per heavy atom. The number of ether oxygens (including phenoxy) is 1. The van der Waals surface area contributed by atoms with Crippen LogP contribution < -0.4 is 10.1 Å². The third-order valence-corrected chi connectivity index (χ3v) is 6.34. The van der Waals surface area contributed by atoms with Gasteiger partial charge in [-0.15, -0.1) is 0 Å². The summed E-state index contributed by atoms with van der Waals surface area (Å²) in [5, 5.41) is 8.51. The Morgan fingerprint density at radius 3 is 2.45 bits per heavy atom. The molecule has 0 radical (unpaired) electrons. The number of allylic oxidation sites excluding steroid dienone is 1. The highest BCUT2D eigenvalue weighted by Crippen LogP contribution is 2.38. The van der Waals surface area contributed by atoms with Crippen molar-refractivity contribution in [1.29, 1.82) is 0 Å². The van der Waals surface area contributed by atoms with Gasteiger partial charge in [0.2, 0.25) is 5.82 Å². The van der Waals surface area contributed by atoms with Gasteiger partial charge in [0.05, 0.1) is 18.7 Å². The van der Waals surface area contributed by atoms with Gasteiger partial charge in [0.15, 0.2) is 5.11 Å². The van der Waals surface area contributed by atoms with Crippen LogP contribution in [0.5, 0.6) is 5.75 Å². The van der Waals surface area contributed by atoms with Crippen LogP contribution in [0.4, 0.5) is 0 Å². The Hall–Kier alpha value is -3.19. The van der Waals surface area contributed by atoms with Crippen molar-refractivity contribution in [2.75, 3.05) is 13.7 Å². The third-order valence-electron chi connectivity index (χ3n) is 6.00. The van der Waals surface area contributed by atoms with E-state index >= 15 is 0 Å². The molecule has 0 bridgehead atoms. The molecule has 6 nitrogen and oxygen atoms in total. The van der Waals surface area contributed by atoms with Crippen LogP contribution in [-0.2, 0) is 0 Å². The van der Waals surface area contributed by atoms with Gasteiger partial charge in [-0.05, 0) is 50.2 Å². The largest absolute Gasteiger partial charge is 0.497 e. The van der Waals surface area contributed by atoms with Gasteiger partial charge in [-0.1, -0.05) is 66.9 Å². The van der Waals surface area contributed by atoms with Crippen molar-refractivity contribution in [2.24, 2.45) is 0 Å². The van der Waals surface area contributed by atoms with E-state index in [1.54, 1.807) is 7.11 Å². The number of benzene rings is 2. The monoisotopic (exact) mass is 462 g/mol. The first-order chi connectivity index (χ1) is 16.0. The highest BCUT2D eigenvalue weighted by atomic mass is 32.1. The molecule has 0 spiro atoms. The zero-order valence-electron chi connectivity index (χ0n) is 19.6. The van der Waals surface area contributed by atoms with Gasteiger partial charge in [-0.3, -0.25) is 0 Å². The molecule has 3 aromatic rings. The van der Waals surface area contributed by atoms with Crippen molar-refractivity contribution in [1.82, 2.24) is 20.4 Å². The first kappa shape index (κ1) is 23.0. The molecule has 1 aliphatic heterocycles. The van der Waals surface area contributed by atoms with E-state index in [-0.39, 0.29) is 6.04 Å². The molecule has 2 aromatic carbocycles. The number of methoxy groups -OCH3 is 1. The number of thiocarbonyl (C=S) groups is 1. The summed E-state index contributed by atoms with van der Waals surface area (Å²) in [5.74, 6) is 1.88. The minimum absolute atomic E-state index is 0.197. The third kappa shape index (κ3) is 4.93. The minimum Gasteiger partial charge on any atom is -0.497 e. The lowest BCUT2D eigenvalue weighted by Crippen LogP contribution is -2.46. The van der Waals surface area contributed by atoms with E-state index in [0.29, 0.717) is 16.8 Å². The van der Waals surface area contributed by atoms with Crippen LogP contribution in [0.2, 0.25) is 0 Å². The van der Waals surface area contributed by atoms with Crippen LogP contribution >= 0.6 is 12.2 Å². The average molecular weight is 463 g/mol. The van der Waals surface area contributed by atoms with Crippen molar-refractivity contribution in [2.45, 2.75) is 46.1 Å². The number of aryl methyl sites for hydroxylation is 1. The summed E-state index contributed by atoms with van der Waals surface area (Å²) in [5.41, 5.74) is 5.14. The second-order valence-corrected chi connectivity index (χ2v) is 8.69. The standard InChI is InChI=1S/C26H30N4O2S/c1-5-6-7-16-30-18(3)22(23(27-26(30)33)19-12-14-21(31-4)15-13-19)25-28-24(29-32-25)20-10-8-17(2)9-11-20/h8-15,23H,5-7,16H2,1-4H3,(H,27,33). The van der Waals surface area contributed by atoms with Gasteiger partial charge >= 0.3 is 0 Å². The Bertz CT molecular complexity index is 1140.